The smallest absolute Gasteiger partial charge is 0.545 e. The van der Waals surface area contributed by atoms with E-state index in [1.54, 1.807) is 0 Å². The number of hydrogen-bond acceptors (Lipinski definition) is 3. The average Bonchev–Trinajstić information content (AvgIpc) is 2.45. The van der Waals surface area contributed by atoms with E-state index in [9.17, 15) is 23.1 Å². The van der Waals surface area contributed by atoms with Gasteiger partial charge < -0.3 is 14.6 Å². The lowest BCUT2D eigenvalue weighted by Crippen LogP contribution is -2.26. The number of carbonyl (C=O) groups is 1. The fourth-order valence-electron chi connectivity index (χ4n) is 2.10. The highest BCUT2D eigenvalue weighted by Crippen LogP contribution is 2.31. The van der Waals surface area contributed by atoms with Gasteiger partial charge in [0.1, 0.15) is 5.75 Å². The zero-order chi connectivity index (χ0) is 16.2. The van der Waals surface area contributed by atoms with Gasteiger partial charge in [0, 0.05) is 5.56 Å². The number of carboxylic acid groups (broad SMARTS) is 1. The van der Waals surface area contributed by atoms with Crippen molar-refractivity contribution in [3.8, 4) is 5.75 Å². The van der Waals surface area contributed by atoms with Crippen molar-refractivity contribution in [2.45, 2.75) is 19.2 Å². The first kappa shape index (κ1) is 15.9. The molecule has 0 atom stereocenters. The third kappa shape index (κ3) is 4.25. The molecule has 6 heteroatoms. The summed E-state index contributed by atoms with van der Waals surface area (Å²) in [7, 11) is 0. The third-order valence-electron chi connectivity index (χ3n) is 3.06. The number of rotatable bonds is 5. The van der Waals surface area contributed by atoms with E-state index in [0.29, 0.717) is 6.42 Å². The van der Waals surface area contributed by atoms with E-state index in [2.05, 4.69) is 4.74 Å². The number of ether oxygens (including phenoxy) is 1. The minimum atomic E-state index is -4.97. The molecule has 2 rings (SSSR count). The molecule has 0 aliphatic rings. The first-order valence-electron chi connectivity index (χ1n) is 6.50. The Kier molecular flexibility index (Phi) is 4.70. The largest absolute Gasteiger partial charge is 0.573 e. The molecule has 0 aliphatic carbocycles. The normalized spacial score (nSPS) is 11.2. The summed E-state index contributed by atoms with van der Waals surface area (Å²) in [5.41, 5.74) is 0.491. The van der Waals surface area contributed by atoms with Crippen molar-refractivity contribution < 1.29 is 27.8 Å². The maximum atomic E-state index is 12.5. The van der Waals surface area contributed by atoms with Crippen LogP contribution in [0, 0.1) is 0 Å². The number of aryl methyl sites for hydroxylation is 2. The highest BCUT2D eigenvalue weighted by molar-refractivity contribution is 5.89. The van der Waals surface area contributed by atoms with Crippen LogP contribution in [0.3, 0.4) is 0 Å². The Morgan fingerprint density at radius 1 is 1.00 bits per heavy atom. The highest BCUT2D eigenvalue weighted by Gasteiger charge is 2.33. The fourth-order valence-corrected chi connectivity index (χ4v) is 2.10. The van der Waals surface area contributed by atoms with Gasteiger partial charge in [-0.3, -0.25) is 0 Å². The van der Waals surface area contributed by atoms with E-state index in [4.69, 9.17) is 0 Å². The first-order valence-corrected chi connectivity index (χ1v) is 6.50. The molecule has 2 aromatic rings. The molecule has 0 bridgehead atoms. The number of hydrogen-bond donors (Lipinski definition) is 0. The van der Waals surface area contributed by atoms with Crippen molar-refractivity contribution in [3.63, 3.8) is 0 Å². The van der Waals surface area contributed by atoms with Crippen LogP contribution in [-0.2, 0) is 12.8 Å². The quantitative estimate of drug-likeness (QED) is 0.853. The van der Waals surface area contributed by atoms with Gasteiger partial charge in [-0.1, -0.05) is 42.5 Å². The Balaban J connectivity index is 2.29. The van der Waals surface area contributed by atoms with Gasteiger partial charge in [-0.25, -0.2) is 0 Å². The van der Waals surface area contributed by atoms with Crippen LogP contribution in [0.5, 0.6) is 5.75 Å². The predicted molar refractivity (Wildman–Crippen MR) is 71.3 cm³/mol. The van der Waals surface area contributed by atoms with E-state index in [1.165, 1.54) is 12.1 Å². The second kappa shape index (κ2) is 6.51. The Bertz CT molecular complexity index is 651. The van der Waals surface area contributed by atoms with Gasteiger partial charge >= 0.3 is 6.36 Å². The molecule has 22 heavy (non-hydrogen) atoms. The number of para-hydroxylation sites is 1. The maximum absolute atomic E-state index is 12.5. The fraction of sp³-hybridized carbons (Fsp3) is 0.188. The van der Waals surface area contributed by atoms with Crippen molar-refractivity contribution in [1.29, 1.82) is 0 Å². The van der Waals surface area contributed by atoms with E-state index in [0.717, 1.165) is 11.6 Å². The second-order valence-corrected chi connectivity index (χ2v) is 4.61. The Hall–Kier alpha value is -2.50. The third-order valence-corrected chi connectivity index (χ3v) is 3.06. The van der Waals surface area contributed by atoms with Crippen LogP contribution in [0.4, 0.5) is 13.2 Å². The monoisotopic (exact) mass is 309 g/mol. The molecule has 0 radical (unpaired) electrons. The summed E-state index contributed by atoms with van der Waals surface area (Å²) in [6.07, 6.45) is -4.28. The van der Waals surface area contributed by atoms with Gasteiger partial charge in [-0.15, -0.1) is 13.2 Å². The molecule has 116 valence electrons. The number of halogens is 3. The minimum absolute atomic E-state index is 0.169. The summed E-state index contributed by atoms with van der Waals surface area (Å²) in [4.78, 5) is 11.0. The molecule has 0 fully saturated rings. The summed E-state index contributed by atoms with van der Waals surface area (Å²) >= 11 is 0. The maximum Gasteiger partial charge on any atom is 0.573 e. The minimum Gasteiger partial charge on any atom is -0.545 e. The first-order chi connectivity index (χ1) is 10.4. The molecule has 0 aliphatic heterocycles. The lowest BCUT2D eigenvalue weighted by Gasteiger charge is -2.17. The van der Waals surface area contributed by atoms with Crippen molar-refractivity contribution in [2.75, 3.05) is 0 Å². The standard InChI is InChI=1S/C16H13F3O3/c17-16(18,19)22-14-12(7-4-8-13(14)15(20)21)10-9-11-5-2-1-3-6-11/h1-8H,9-10H2,(H,20,21)/p-1. The Morgan fingerprint density at radius 3 is 2.27 bits per heavy atom. The van der Waals surface area contributed by atoms with Crippen LogP contribution < -0.4 is 9.84 Å². The van der Waals surface area contributed by atoms with Crippen molar-refractivity contribution in [1.82, 2.24) is 0 Å². The summed E-state index contributed by atoms with van der Waals surface area (Å²) in [6, 6.07) is 13.0. The average molecular weight is 309 g/mol. The van der Waals surface area contributed by atoms with Gasteiger partial charge in [0.15, 0.2) is 0 Å². The van der Waals surface area contributed by atoms with E-state index in [-0.39, 0.29) is 12.0 Å². The number of benzene rings is 2. The van der Waals surface area contributed by atoms with Crippen LogP contribution >= 0.6 is 0 Å². The molecule has 3 nitrogen and oxygen atoms in total. The molecule has 0 heterocycles. The van der Waals surface area contributed by atoms with Crippen LogP contribution in [0.2, 0.25) is 0 Å². The summed E-state index contributed by atoms with van der Waals surface area (Å²) in [5.74, 6) is -2.41. The Labute approximate surface area is 125 Å². The molecule has 0 N–H and O–H groups in total. The van der Waals surface area contributed by atoms with Gasteiger partial charge in [0.25, 0.3) is 0 Å². The number of alkyl halides is 3. The van der Waals surface area contributed by atoms with Crippen LogP contribution in [0.15, 0.2) is 48.5 Å². The molecule has 0 amide bonds. The molecule has 0 saturated heterocycles. The lowest BCUT2D eigenvalue weighted by molar-refractivity contribution is -0.276. The molecular weight excluding hydrogens is 297 g/mol. The van der Waals surface area contributed by atoms with Crippen LogP contribution in [-0.4, -0.2) is 12.3 Å². The number of aromatic carboxylic acids is 1. The summed E-state index contributed by atoms with van der Waals surface area (Å²) < 4.78 is 41.4. The summed E-state index contributed by atoms with van der Waals surface area (Å²) in [6.45, 7) is 0. The van der Waals surface area contributed by atoms with Crippen LogP contribution in [0.1, 0.15) is 21.5 Å². The summed E-state index contributed by atoms with van der Waals surface area (Å²) in [5, 5.41) is 11.0. The van der Waals surface area contributed by atoms with Gasteiger partial charge in [-0.05, 0) is 30.0 Å². The van der Waals surface area contributed by atoms with E-state index < -0.39 is 23.6 Å². The van der Waals surface area contributed by atoms with Crippen molar-refractivity contribution >= 4 is 5.97 Å². The second-order valence-electron chi connectivity index (χ2n) is 4.61. The zero-order valence-corrected chi connectivity index (χ0v) is 11.4. The molecular formula is C16H12F3O3-. The Morgan fingerprint density at radius 2 is 1.68 bits per heavy atom. The SMILES string of the molecule is O=C([O-])c1cccc(CCc2ccccc2)c1OC(F)(F)F. The lowest BCUT2D eigenvalue weighted by atomic mass is 10.0. The zero-order valence-electron chi connectivity index (χ0n) is 11.4. The molecule has 0 unspecified atom stereocenters. The van der Waals surface area contributed by atoms with Crippen LogP contribution in [0.25, 0.3) is 0 Å². The highest BCUT2D eigenvalue weighted by atomic mass is 19.4. The molecule has 0 aromatic heterocycles. The van der Waals surface area contributed by atoms with E-state index in [1.807, 2.05) is 30.3 Å². The van der Waals surface area contributed by atoms with Crippen molar-refractivity contribution in [3.05, 3.63) is 65.2 Å². The number of carbonyl (C=O) groups excluding carboxylic acids is 1. The van der Waals surface area contributed by atoms with Crippen molar-refractivity contribution in [2.24, 2.45) is 0 Å². The van der Waals surface area contributed by atoms with E-state index >= 15 is 0 Å². The predicted octanol–water partition coefficient (Wildman–Crippen LogP) is 2.73. The van der Waals surface area contributed by atoms with Gasteiger partial charge in [-0.2, -0.15) is 0 Å². The van der Waals surface area contributed by atoms with Gasteiger partial charge in [0.05, 0.1) is 5.97 Å². The molecule has 0 saturated carbocycles. The van der Waals surface area contributed by atoms with Gasteiger partial charge in [0.2, 0.25) is 0 Å². The topological polar surface area (TPSA) is 49.4 Å². The molecule has 2 aromatic carbocycles. The molecule has 0 spiro atoms. The number of carboxylic acids is 1.